The molecule has 2 aromatic carbocycles. The topological polar surface area (TPSA) is 92.5 Å². The number of nitrogens with one attached hydrogen (secondary N) is 1. The van der Waals surface area contributed by atoms with Gasteiger partial charge in [-0.1, -0.05) is 23.7 Å². The van der Waals surface area contributed by atoms with Crippen LogP contribution < -0.4 is 5.32 Å². The van der Waals surface area contributed by atoms with Gasteiger partial charge in [-0.25, -0.2) is 0 Å². The number of carbonyl (C=O) groups excluding carboxylic acids is 1. The zero-order valence-corrected chi connectivity index (χ0v) is 11.9. The maximum atomic E-state index is 11.8. The highest BCUT2D eigenvalue weighted by atomic mass is 35.5. The molecule has 0 unspecified atom stereocenters. The van der Waals surface area contributed by atoms with Crippen molar-refractivity contribution in [1.82, 2.24) is 0 Å². The number of nitrogens with zero attached hydrogens (tertiary/aromatic N) is 1. The number of aromatic hydroxyl groups is 1. The van der Waals surface area contributed by atoms with Crippen LogP contribution in [0.15, 0.2) is 48.5 Å². The van der Waals surface area contributed by atoms with E-state index in [-0.39, 0.29) is 17.1 Å². The van der Waals surface area contributed by atoms with Crippen LogP contribution in [-0.4, -0.2) is 15.9 Å². The molecule has 0 saturated carbocycles. The summed E-state index contributed by atoms with van der Waals surface area (Å²) in [5.41, 5.74) is 0.635. The molecular formula is C15H11ClN2O4. The number of nitro benzene ring substituents is 1. The minimum absolute atomic E-state index is 0.0601. The van der Waals surface area contributed by atoms with E-state index in [0.717, 1.165) is 0 Å². The summed E-state index contributed by atoms with van der Waals surface area (Å²) in [5.74, 6) is -0.606. The lowest BCUT2D eigenvalue weighted by atomic mass is 10.2. The molecule has 7 heteroatoms. The van der Waals surface area contributed by atoms with E-state index in [9.17, 15) is 20.0 Å². The van der Waals surface area contributed by atoms with E-state index in [1.807, 2.05) is 0 Å². The Kier molecular flexibility index (Phi) is 4.75. The molecule has 6 nitrogen and oxygen atoms in total. The fraction of sp³-hybridized carbons (Fsp3) is 0. The second-order valence-corrected chi connectivity index (χ2v) is 4.77. The van der Waals surface area contributed by atoms with Crippen molar-refractivity contribution in [3.63, 3.8) is 0 Å². The second kappa shape index (κ2) is 6.73. The van der Waals surface area contributed by atoms with Crippen LogP contribution in [-0.2, 0) is 4.79 Å². The van der Waals surface area contributed by atoms with Gasteiger partial charge in [-0.05, 0) is 29.8 Å². The highest BCUT2D eigenvalue weighted by molar-refractivity contribution is 6.31. The molecular weight excluding hydrogens is 308 g/mol. The van der Waals surface area contributed by atoms with Crippen LogP contribution in [0.2, 0.25) is 5.02 Å². The number of hydrogen-bond acceptors (Lipinski definition) is 4. The number of non-ortho nitro benzene ring substituents is 1. The van der Waals surface area contributed by atoms with Gasteiger partial charge in [-0.3, -0.25) is 14.9 Å². The highest BCUT2D eigenvalue weighted by Gasteiger charge is 2.06. The summed E-state index contributed by atoms with van der Waals surface area (Å²) in [7, 11) is 0. The Balaban J connectivity index is 2.10. The van der Waals surface area contributed by atoms with Crippen LogP contribution in [0.1, 0.15) is 5.56 Å². The van der Waals surface area contributed by atoms with Crippen molar-refractivity contribution in [3.05, 3.63) is 69.2 Å². The Morgan fingerprint density at radius 3 is 2.77 bits per heavy atom. The van der Waals surface area contributed by atoms with Gasteiger partial charge >= 0.3 is 0 Å². The fourth-order valence-corrected chi connectivity index (χ4v) is 1.87. The number of anilines is 1. The van der Waals surface area contributed by atoms with Gasteiger partial charge < -0.3 is 10.4 Å². The SMILES string of the molecule is O=C(/C=C/c1cccc([N+](=O)[O-])c1)Nc1cc(Cl)ccc1O. The van der Waals surface area contributed by atoms with Crippen molar-refractivity contribution in [3.8, 4) is 5.75 Å². The molecule has 0 fully saturated rings. The molecule has 0 radical (unpaired) electrons. The van der Waals surface area contributed by atoms with E-state index >= 15 is 0 Å². The Morgan fingerprint density at radius 2 is 2.05 bits per heavy atom. The minimum Gasteiger partial charge on any atom is -0.506 e. The van der Waals surface area contributed by atoms with Crippen LogP contribution in [0.5, 0.6) is 5.75 Å². The van der Waals surface area contributed by atoms with Gasteiger partial charge in [-0.2, -0.15) is 0 Å². The van der Waals surface area contributed by atoms with Crippen molar-refractivity contribution in [2.24, 2.45) is 0 Å². The lowest BCUT2D eigenvalue weighted by Crippen LogP contribution is -2.07. The van der Waals surface area contributed by atoms with Gasteiger partial charge in [0.2, 0.25) is 5.91 Å². The molecule has 1 amide bonds. The molecule has 2 rings (SSSR count). The van der Waals surface area contributed by atoms with Gasteiger partial charge in [0.05, 0.1) is 10.6 Å². The van der Waals surface area contributed by atoms with E-state index in [2.05, 4.69) is 5.32 Å². The number of phenolic OH excluding ortho intramolecular Hbond substituents is 1. The molecule has 0 atom stereocenters. The normalized spacial score (nSPS) is 10.6. The molecule has 0 aliphatic rings. The molecule has 0 saturated heterocycles. The first-order valence-electron chi connectivity index (χ1n) is 6.18. The maximum absolute atomic E-state index is 11.8. The molecule has 22 heavy (non-hydrogen) atoms. The molecule has 0 heterocycles. The lowest BCUT2D eigenvalue weighted by Gasteiger charge is -2.05. The number of hydrogen-bond donors (Lipinski definition) is 2. The van der Waals surface area contributed by atoms with E-state index in [0.29, 0.717) is 10.6 Å². The van der Waals surface area contributed by atoms with Gasteiger partial charge in [0.1, 0.15) is 5.75 Å². The van der Waals surface area contributed by atoms with E-state index < -0.39 is 10.8 Å². The summed E-state index contributed by atoms with van der Waals surface area (Å²) >= 11 is 5.78. The van der Waals surface area contributed by atoms with Crippen molar-refractivity contribution >= 4 is 35.0 Å². The quantitative estimate of drug-likeness (QED) is 0.390. The highest BCUT2D eigenvalue weighted by Crippen LogP contribution is 2.26. The molecule has 112 valence electrons. The van der Waals surface area contributed by atoms with Crippen molar-refractivity contribution in [1.29, 1.82) is 0 Å². The first kappa shape index (κ1) is 15.5. The number of nitro groups is 1. The lowest BCUT2D eigenvalue weighted by molar-refractivity contribution is -0.384. The maximum Gasteiger partial charge on any atom is 0.270 e. The molecule has 0 aliphatic carbocycles. The first-order chi connectivity index (χ1) is 10.5. The van der Waals surface area contributed by atoms with Crippen LogP contribution in [0.25, 0.3) is 6.08 Å². The molecule has 0 aliphatic heterocycles. The summed E-state index contributed by atoms with van der Waals surface area (Å²) in [5, 5.41) is 23.1. The van der Waals surface area contributed by atoms with Crippen LogP contribution in [0, 0.1) is 10.1 Å². The Morgan fingerprint density at radius 1 is 1.27 bits per heavy atom. The Hall–Kier alpha value is -2.86. The smallest absolute Gasteiger partial charge is 0.270 e. The Bertz CT molecular complexity index is 759. The third-order valence-electron chi connectivity index (χ3n) is 2.72. The van der Waals surface area contributed by atoms with Crippen molar-refractivity contribution in [2.75, 3.05) is 5.32 Å². The standard InChI is InChI=1S/C15H11ClN2O4/c16-11-5-6-14(19)13(9-11)17-15(20)7-4-10-2-1-3-12(8-10)18(21)22/h1-9,19H,(H,17,20)/b7-4+. The minimum atomic E-state index is -0.512. The second-order valence-electron chi connectivity index (χ2n) is 4.34. The monoisotopic (exact) mass is 318 g/mol. The number of benzene rings is 2. The van der Waals surface area contributed by atoms with Crippen LogP contribution in [0.3, 0.4) is 0 Å². The molecule has 0 spiro atoms. The summed E-state index contributed by atoms with van der Waals surface area (Å²) in [6.07, 6.45) is 2.64. The number of carbonyl (C=O) groups is 1. The van der Waals surface area contributed by atoms with Crippen LogP contribution >= 0.6 is 11.6 Å². The number of phenols is 1. The number of amides is 1. The molecule has 0 aromatic heterocycles. The molecule has 2 aromatic rings. The zero-order chi connectivity index (χ0) is 16.1. The average Bonchev–Trinajstić information content (AvgIpc) is 2.49. The summed E-state index contributed by atoms with van der Waals surface area (Å²) in [4.78, 5) is 21.9. The molecule has 0 bridgehead atoms. The fourth-order valence-electron chi connectivity index (χ4n) is 1.70. The third-order valence-corrected chi connectivity index (χ3v) is 2.96. The van der Waals surface area contributed by atoms with E-state index in [4.69, 9.17) is 11.6 Å². The third kappa shape index (κ3) is 4.07. The average molecular weight is 319 g/mol. The zero-order valence-electron chi connectivity index (χ0n) is 11.2. The van der Waals surface area contributed by atoms with E-state index in [1.54, 1.807) is 6.07 Å². The van der Waals surface area contributed by atoms with Gasteiger partial charge in [0, 0.05) is 23.2 Å². The van der Waals surface area contributed by atoms with E-state index in [1.165, 1.54) is 48.6 Å². The van der Waals surface area contributed by atoms with Gasteiger partial charge in [0.15, 0.2) is 0 Å². The summed E-state index contributed by atoms with van der Waals surface area (Å²) < 4.78 is 0. The Labute approximate surface area is 130 Å². The van der Waals surface area contributed by atoms with Gasteiger partial charge in [-0.15, -0.1) is 0 Å². The number of rotatable bonds is 4. The summed E-state index contributed by atoms with van der Waals surface area (Å²) in [6.45, 7) is 0. The van der Waals surface area contributed by atoms with Crippen molar-refractivity contribution in [2.45, 2.75) is 0 Å². The van der Waals surface area contributed by atoms with Gasteiger partial charge in [0.25, 0.3) is 5.69 Å². The predicted molar refractivity (Wildman–Crippen MR) is 83.9 cm³/mol. The van der Waals surface area contributed by atoms with Crippen molar-refractivity contribution < 1.29 is 14.8 Å². The molecule has 2 N–H and O–H groups in total. The predicted octanol–water partition coefficient (Wildman–Crippen LogP) is 3.61. The largest absolute Gasteiger partial charge is 0.506 e. The van der Waals surface area contributed by atoms with Crippen LogP contribution in [0.4, 0.5) is 11.4 Å². The first-order valence-corrected chi connectivity index (χ1v) is 6.55. The summed E-state index contributed by atoms with van der Waals surface area (Å²) in [6, 6.07) is 10.1. The number of halogens is 1.